The van der Waals surface area contributed by atoms with Gasteiger partial charge in [0, 0.05) is 18.3 Å². The first-order valence-corrected chi connectivity index (χ1v) is 11.4. The number of aliphatic hydroxyl groups is 1. The number of nitrogens with zero attached hydrogens (tertiary/aromatic N) is 5. The van der Waals surface area contributed by atoms with E-state index < -0.39 is 17.3 Å². The molecular formula is C26H24F3N5O2. The van der Waals surface area contributed by atoms with Crippen LogP contribution in [0.3, 0.4) is 0 Å². The molecule has 0 amide bonds. The summed E-state index contributed by atoms with van der Waals surface area (Å²) in [5, 5.41) is 15.9. The van der Waals surface area contributed by atoms with E-state index in [1.807, 2.05) is 35.9 Å². The van der Waals surface area contributed by atoms with Crippen molar-refractivity contribution in [1.82, 2.24) is 24.3 Å². The van der Waals surface area contributed by atoms with Gasteiger partial charge in [-0.1, -0.05) is 30.3 Å². The number of rotatable bonds is 5. The molecule has 1 N–H and O–H groups in total. The minimum Gasteiger partial charge on any atom is -0.495 e. The van der Waals surface area contributed by atoms with Crippen LogP contribution in [0.2, 0.25) is 0 Å². The number of hydrogen-bond donors (Lipinski definition) is 1. The molecule has 1 aliphatic heterocycles. The predicted molar refractivity (Wildman–Crippen MR) is 127 cm³/mol. The van der Waals surface area contributed by atoms with Crippen LogP contribution in [0, 0.1) is 6.92 Å². The van der Waals surface area contributed by atoms with E-state index in [4.69, 9.17) is 4.74 Å². The summed E-state index contributed by atoms with van der Waals surface area (Å²) in [6, 6.07) is 10.7. The van der Waals surface area contributed by atoms with E-state index in [-0.39, 0.29) is 17.8 Å². The standard InChI is InChI=1S/C26H24F3N5O2/c1-17-15-33(16-30-17)21-10-8-18(14-22(21)36-2)9-11-23-31-24-25(35,12-5-13-34(24)32-23)19-6-3-4-7-20(19)26(27,28)29/h3-4,6-11,14-16,35H,5,12-13H2,1-2H3/t25-/m0/s1. The van der Waals surface area contributed by atoms with Gasteiger partial charge in [0.1, 0.15) is 11.4 Å². The van der Waals surface area contributed by atoms with Crippen LogP contribution in [-0.4, -0.2) is 36.5 Å². The summed E-state index contributed by atoms with van der Waals surface area (Å²) in [5.74, 6) is 1.04. The van der Waals surface area contributed by atoms with Crippen LogP contribution in [0.1, 0.15) is 46.9 Å². The van der Waals surface area contributed by atoms with Crippen molar-refractivity contribution < 1.29 is 23.0 Å². The van der Waals surface area contributed by atoms with E-state index in [9.17, 15) is 18.3 Å². The zero-order valence-electron chi connectivity index (χ0n) is 19.7. The van der Waals surface area contributed by atoms with Crippen LogP contribution in [0.15, 0.2) is 55.0 Å². The third kappa shape index (κ3) is 4.28. The van der Waals surface area contributed by atoms with Gasteiger partial charge in [-0.15, -0.1) is 0 Å². The number of benzene rings is 2. The Morgan fingerprint density at radius 3 is 2.67 bits per heavy atom. The maximum absolute atomic E-state index is 13.7. The first kappa shape index (κ1) is 23.8. The SMILES string of the molecule is COc1cc(C=Cc2nc3n(n2)CCC[C@]3(O)c2ccccc2C(F)(F)F)ccc1-n1cnc(C)c1. The largest absolute Gasteiger partial charge is 0.495 e. The smallest absolute Gasteiger partial charge is 0.416 e. The summed E-state index contributed by atoms with van der Waals surface area (Å²) in [6.07, 6.45) is 3.04. The molecule has 7 nitrogen and oxygen atoms in total. The van der Waals surface area contributed by atoms with Gasteiger partial charge in [-0.2, -0.15) is 18.3 Å². The minimum absolute atomic E-state index is 0.105. The molecule has 3 heterocycles. The number of methoxy groups -OCH3 is 1. The minimum atomic E-state index is -4.60. The van der Waals surface area contributed by atoms with Crippen LogP contribution in [0.4, 0.5) is 13.2 Å². The Morgan fingerprint density at radius 1 is 1.14 bits per heavy atom. The lowest BCUT2D eigenvalue weighted by Crippen LogP contribution is -2.37. The van der Waals surface area contributed by atoms with Gasteiger partial charge in [-0.25, -0.2) is 14.6 Å². The maximum Gasteiger partial charge on any atom is 0.416 e. The monoisotopic (exact) mass is 495 g/mol. The fourth-order valence-electron chi connectivity index (χ4n) is 4.57. The summed E-state index contributed by atoms with van der Waals surface area (Å²) in [6.45, 7) is 2.36. The number of alkyl halides is 3. The van der Waals surface area contributed by atoms with Gasteiger partial charge in [-0.05, 0) is 49.6 Å². The lowest BCUT2D eigenvalue weighted by atomic mass is 9.83. The van der Waals surface area contributed by atoms with Gasteiger partial charge in [0.25, 0.3) is 0 Å². The number of aryl methyl sites for hydroxylation is 2. The maximum atomic E-state index is 13.7. The second kappa shape index (κ2) is 8.94. The van der Waals surface area contributed by atoms with Crippen molar-refractivity contribution in [1.29, 1.82) is 0 Å². The van der Waals surface area contributed by atoms with Crippen LogP contribution in [0.5, 0.6) is 5.75 Å². The summed E-state index contributed by atoms with van der Waals surface area (Å²) in [4.78, 5) is 8.68. The molecule has 4 aromatic rings. The molecule has 0 saturated carbocycles. The second-order valence-electron chi connectivity index (χ2n) is 8.71. The second-order valence-corrected chi connectivity index (χ2v) is 8.71. The average molecular weight is 496 g/mol. The topological polar surface area (TPSA) is 78.0 Å². The van der Waals surface area contributed by atoms with Gasteiger partial charge >= 0.3 is 6.18 Å². The number of imidazole rings is 1. The summed E-state index contributed by atoms with van der Waals surface area (Å²) >= 11 is 0. The van der Waals surface area contributed by atoms with E-state index in [2.05, 4.69) is 15.1 Å². The number of aromatic nitrogens is 5. The molecule has 2 aromatic heterocycles. The molecule has 0 fully saturated rings. The van der Waals surface area contributed by atoms with Gasteiger partial charge in [0.05, 0.1) is 30.4 Å². The third-order valence-electron chi connectivity index (χ3n) is 6.26. The highest BCUT2D eigenvalue weighted by molar-refractivity contribution is 5.69. The molecular weight excluding hydrogens is 471 g/mol. The number of hydrogen-bond acceptors (Lipinski definition) is 5. The van der Waals surface area contributed by atoms with Gasteiger partial charge < -0.3 is 14.4 Å². The van der Waals surface area contributed by atoms with Crippen LogP contribution >= 0.6 is 0 Å². The van der Waals surface area contributed by atoms with Crippen molar-refractivity contribution in [2.24, 2.45) is 0 Å². The van der Waals surface area contributed by atoms with Crippen molar-refractivity contribution in [3.05, 3.63) is 89.0 Å². The Bertz CT molecular complexity index is 1440. The fraction of sp³-hybridized carbons (Fsp3) is 0.269. The fourth-order valence-corrected chi connectivity index (χ4v) is 4.57. The molecule has 1 atom stereocenters. The highest BCUT2D eigenvalue weighted by Crippen LogP contribution is 2.43. The van der Waals surface area contributed by atoms with Crippen molar-refractivity contribution in [2.45, 2.75) is 38.1 Å². The van der Waals surface area contributed by atoms with Gasteiger partial charge in [0.2, 0.25) is 0 Å². The third-order valence-corrected chi connectivity index (χ3v) is 6.26. The Labute approximate surface area is 205 Å². The number of ether oxygens (including phenoxy) is 1. The molecule has 0 bridgehead atoms. The zero-order chi connectivity index (χ0) is 25.5. The number of halogens is 3. The Balaban J connectivity index is 1.47. The lowest BCUT2D eigenvalue weighted by molar-refractivity contribution is -0.140. The van der Waals surface area contributed by atoms with Crippen LogP contribution in [-0.2, 0) is 18.3 Å². The van der Waals surface area contributed by atoms with Crippen LogP contribution in [0.25, 0.3) is 17.8 Å². The zero-order valence-corrected chi connectivity index (χ0v) is 19.7. The van der Waals surface area contributed by atoms with E-state index in [0.29, 0.717) is 24.5 Å². The molecule has 5 rings (SSSR count). The highest BCUT2D eigenvalue weighted by atomic mass is 19.4. The van der Waals surface area contributed by atoms with Crippen molar-refractivity contribution >= 4 is 12.2 Å². The van der Waals surface area contributed by atoms with E-state index >= 15 is 0 Å². The molecule has 186 valence electrons. The van der Waals surface area contributed by atoms with Gasteiger partial charge in [0.15, 0.2) is 11.6 Å². The molecule has 0 spiro atoms. The normalized spacial score (nSPS) is 17.9. The first-order chi connectivity index (χ1) is 17.2. The van der Waals surface area contributed by atoms with E-state index in [1.165, 1.54) is 22.9 Å². The van der Waals surface area contributed by atoms with E-state index in [0.717, 1.165) is 23.0 Å². The van der Waals surface area contributed by atoms with Crippen molar-refractivity contribution in [3.63, 3.8) is 0 Å². The van der Waals surface area contributed by atoms with E-state index in [1.54, 1.807) is 25.6 Å². The number of fused-ring (bicyclic) bond motifs is 1. The van der Waals surface area contributed by atoms with Crippen LogP contribution < -0.4 is 4.74 Å². The Morgan fingerprint density at radius 2 is 1.94 bits per heavy atom. The Kier molecular flexibility index (Phi) is 5.91. The van der Waals surface area contributed by atoms with Gasteiger partial charge in [-0.3, -0.25) is 0 Å². The molecule has 0 unspecified atom stereocenters. The summed E-state index contributed by atoms with van der Waals surface area (Å²) in [5.41, 5.74) is -0.444. The molecule has 10 heteroatoms. The average Bonchev–Trinajstić information content (AvgIpc) is 3.49. The summed E-state index contributed by atoms with van der Waals surface area (Å²) in [7, 11) is 1.58. The molecule has 1 aliphatic rings. The highest BCUT2D eigenvalue weighted by Gasteiger charge is 2.45. The molecule has 0 aliphatic carbocycles. The predicted octanol–water partition coefficient (Wildman–Crippen LogP) is 5.00. The Hall–Kier alpha value is -3.92. The summed E-state index contributed by atoms with van der Waals surface area (Å²) < 4.78 is 49.9. The molecule has 0 radical (unpaired) electrons. The lowest BCUT2D eigenvalue weighted by Gasteiger charge is -2.33. The first-order valence-electron chi connectivity index (χ1n) is 11.4. The molecule has 0 saturated heterocycles. The van der Waals surface area contributed by atoms with Crippen molar-refractivity contribution in [2.75, 3.05) is 7.11 Å². The van der Waals surface area contributed by atoms with Crippen molar-refractivity contribution in [3.8, 4) is 11.4 Å². The quantitative estimate of drug-likeness (QED) is 0.422. The molecule has 36 heavy (non-hydrogen) atoms. The molecule has 2 aromatic carbocycles.